The standard InChI is InChI=1S/C18H33O2/c1-2-3-4-5-6-7-8-9-10-11-12-13-14-15-16-18(20)17-19/h6-7,18,20H,2-5,8-16H2,1H3. The smallest absolute Gasteiger partial charge is 0.229 e. The molecule has 1 atom stereocenters. The van der Waals surface area contributed by atoms with Crippen LogP contribution in [0.4, 0.5) is 0 Å². The second-order valence-corrected chi connectivity index (χ2v) is 5.65. The van der Waals surface area contributed by atoms with Gasteiger partial charge in [-0.1, -0.05) is 70.4 Å². The molecular formula is C18H33O2. The first-order chi connectivity index (χ1) is 9.81. The van der Waals surface area contributed by atoms with Gasteiger partial charge in [-0.2, -0.15) is 0 Å². The highest BCUT2D eigenvalue weighted by atomic mass is 16.3. The van der Waals surface area contributed by atoms with Crippen LogP contribution in [0.5, 0.6) is 0 Å². The highest BCUT2D eigenvalue weighted by Crippen LogP contribution is 2.11. The molecule has 2 nitrogen and oxygen atoms in total. The minimum atomic E-state index is -0.862. The van der Waals surface area contributed by atoms with Crippen LogP contribution in [0.3, 0.4) is 0 Å². The number of hydrogen-bond acceptors (Lipinski definition) is 2. The van der Waals surface area contributed by atoms with Gasteiger partial charge in [-0.3, -0.25) is 4.79 Å². The highest BCUT2D eigenvalue weighted by molar-refractivity contribution is 5.56. The predicted octanol–water partition coefficient (Wildman–Crippen LogP) is 5.10. The molecule has 20 heavy (non-hydrogen) atoms. The second kappa shape index (κ2) is 16.4. The Kier molecular flexibility index (Phi) is 15.9. The Bertz CT molecular complexity index is 223. The molecule has 0 amide bonds. The Hall–Kier alpha value is -0.630. The van der Waals surface area contributed by atoms with Gasteiger partial charge in [0.2, 0.25) is 6.29 Å². The molecule has 0 aromatic heterocycles. The number of carbonyl (C=O) groups excluding carboxylic acids is 1. The van der Waals surface area contributed by atoms with Crippen molar-refractivity contribution in [3.05, 3.63) is 12.2 Å². The van der Waals surface area contributed by atoms with Crippen molar-refractivity contribution in [1.29, 1.82) is 0 Å². The summed E-state index contributed by atoms with van der Waals surface area (Å²) in [5.41, 5.74) is 0. The summed E-state index contributed by atoms with van der Waals surface area (Å²) in [5.74, 6) is 0. The average molecular weight is 281 g/mol. The van der Waals surface area contributed by atoms with Crippen LogP contribution in [0.15, 0.2) is 12.2 Å². The first kappa shape index (κ1) is 19.4. The van der Waals surface area contributed by atoms with Crippen molar-refractivity contribution in [3.63, 3.8) is 0 Å². The predicted molar refractivity (Wildman–Crippen MR) is 86.5 cm³/mol. The van der Waals surface area contributed by atoms with Crippen molar-refractivity contribution in [1.82, 2.24) is 0 Å². The number of rotatable bonds is 15. The van der Waals surface area contributed by atoms with Crippen LogP contribution >= 0.6 is 0 Å². The molecule has 0 heterocycles. The van der Waals surface area contributed by atoms with Crippen LogP contribution in [0.1, 0.15) is 90.4 Å². The van der Waals surface area contributed by atoms with E-state index in [1.54, 1.807) is 6.29 Å². The topological polar surface area (TPSA) is 37.3 Å². The molecule has 117 valence electrons. The molecule has 0 spiro atoms. The van der Waals surface area contributed by atoms with E-state index in [9.17, 15) is 4.79 Å². The fourth-order valence-electron chi connectivity index (χ4n) is 2.29. The van der Waals surface area contributed by atoms with Crippen LogP contribution in [0.25, 0.3) is 0 Å². The summed E-state index contributed by atoms with van der Waals surface area (Å²) in [5, 5.41) is 9.02. The fraction of sp³-hybridized carbons (Fsp3) is 0.833. The van der Waals surface area contributed by atoms with E-state index in [4.69, 9.17) is 5.11 Å². The van der Waals surface area contributed by atoms with Gasteiger partial charge in [0.1, 0.15) is 6.10 Å². The summed E-state index contributed by atoms with van der Waals surface area (Å²) in [6.45, 7) is 2.24. The molecule has 0 saturated heterocycles. The van der Waals surface area contributed by atoms with Gasteiger partial charge in [-0.05, 0) is 32.1 Å². The molecule has 0 aliphatic rings. The molecule has 0 bridgehead atoms. The maximum Gasteiger partial charge on any atom is 0.229 e. The van der Waals surface area contributed by atoms with Crippen molar-refractivity contribution < 1.29 is 9.90 Å². The van der Waals surface area contributed by atoms with Crippen LogP contribution < -0.4 is 0 Å². The zero-order valence-electron chi connectivity index (χ0n) is 13.3. The molecule has 0 saturated carbocycles. The summed E-state index contributed by atoms with van der Waals surface area (Å²) in [4.78, 5) is 10.1. The quantitative estimate of drug-likeness (QED) is 0.335. The average Bonchev–Trinajstić information content (AvgIpc) is 2.47. The number of hydrogen-bond donors (Lipinski definition) is 1. The number of aliphatic hydroxyl groups is 1. The fourth-order valence-corrected chi connectivity index (χ4v) is 2.29. The zero-order chi connectivity index (χ0) is 14.9. The first-order valence-corrected chi connectivity index (χ1v) is 8.52. The SMILES string of the molecule is CCCCCC=CCCCCCCCCCC(O)[C]=O. The van der Waals surface area contributed by atoms with Gasteiger partial charge >= 0.3 is 0 Å². The lowest BCUT2D eigenvalue weighted by Gasteiger charge is -2.02. The normalized spacial score (nSPS) is 12.9. The third-order valence-electron chi connectivity index (χ3n) is 3.63. The Labute approximate surface area is 125 Å². The van der Waals surface area contributed by atoms with E-state index in [1.807, 2.05) is 0 Å². The van der Waals surface area contributed by atoms with Gasteiger partial charge in [0, 0.05) is 0 Å². The molecule has 1 radical (unpaired) electrons. The lowest BCUT2D eigenvalue weighted by molar-refractivity contribution is 0.219. The molecule has 0 aliphatic carbocycles. The van der Waals surface area contributed by atoms with Crippen molar-refractivity contribution in [2.75, 3.05) is 0 Å². The largest absolute Gasteiger partial charge is 0.385 e. The van der Waals surface area contributed by atoms with E-state index >= 15 is 0 Å². The van der Waals surface area contributed by atoms with Crippen LogP contribution in [-0.4, -0.2) is 17.5 Å². The molecular weight excluding hydrogens is 248 g/mol. The monoisotopic (exact) mass is 281 g/mol. The van der Waals surface area contributed by atoms with Crippen LogP contribution in [0, 0.1) is 0 Å². The van der Waals surface area contributed by atoms with Gasteiger partial charge in [0.25, 0.3) is 0 Å². The summed E-state index contributed by atoms with van der Waals surface area (Å²) < 4.78 is 0. The van der Waals surface area contributed by atoms with Crippen molar-refractivity contribution >= 4 is 6.29 Å². The van der Waals surface area contributed by atoms with E-state index in [0.717, 1.165) is 12.8 Å². The number of unbranched alkanes of at least 4 members (excludes halogenated alkanes) is 10. The highest BCUT2D eigenvalue weighted by Gasteiger charge is 2.01. The summed E-state index contributed by atoms with van der Waals surface area (Å²) in [6, 6.07) is 0. The van der Waals surface area contributed by atoms with E-state index in [-0.39, 0.29) is 0 Å². The second-order valence-electron chi connectivity index (χ2n) is 5.65. The Morgan fingerprint density at radius 2 is 1.35 bits per heavy atom. The molecule has 1 unspecified atom stereocenters. The molecule has 0 aliphatic heterocycles. The number of aliphatic hydroxyl groups excluding tert-OH is 1. The van der Waals surface area contributed by atoms with Gasteiger partial charge in [0.05, 0.1) is 0 Å². The van der Waals surface area contributed by atoms with Crippen molar-refractivity contribution in [2.24, 2.45) is 0 Å². The van der Waals surface area contributed by atoms with E-state index in [2.05, 4.69) is 19.1 Å². The first-order valence-electron chi connectivity index (χ1n) is 8.52. The van der Waals surface area contributed by atoms with Crippen LogP contribution in [-0.2, 0) is 4.79 Å². The molecule has 0 aromatic carbocycles. The van der Waals surface area contributed by atoms with Crippen LogP contribution in [0.2, 0.25) is 0 Å². The van der Waals surface area contributed by atoms with Gasteiger partial charge in [0.15, 0.2) is 0 Å². The van der Waals surface area contributed by atoms with E-state index < -0.39 is 6.10 Å². The molecule has 2 heteroatoms. The van der Waals surface area contributed by atoms with Crippen molar-refractivity contribution in [2.45, 2.75) is 96.5 Å². The Balaban J connectivity index is 3.07. The van der Waals surface area contributed by atoms with Gasteiger partial charge < -0.3 is 5.11 Å². The Morgan fingerprint density at radius 3 is 1.90 bits per heavy atom. The van der Waals surface area contributed by atoms with E-state index in [1.165, 1.54) is 64.2 Å². The molecule has 0 aromatic rings. The minimum absolute atomic E-state index is 0.576. The van der Waals surface area contributed by atoms with Gasteiger partial charge in [-0.15, -0.1) is 0 Å². The lowest BCUT2D eigenvalue weighted by Crippen LogP contribution is -2.06. The minimum Gasteiger partial charge on any atom is -0.385 e. The summed E-state index contributed by atoms with van der Waals surface area (Å²) in [7, 11) is 0. The third kappa shape index (κ3) is 15.4. The van der Waals surface area contributed by atoms with Gasteiger partial charge in [-0.25, -0.2) is 0 Å². The molecule has 1 N–H and O–H groups in total. The summed E-state index contributed by atoms with van der Waals surface area (Å²) >= 11 is 0. The number of allylic oxidation sites excluding steroid dienone is 2. The Morgan fingerprint density at radius 1 is 0.850 bits per heavy atom. The lowest BCUT2D eigenvalue weighted by atomic mass is 10.1. The summed E-state index contributed by atoms with van der Waals surface area (Å²) in [6.07, 6.45) is 21.0. The molecule has 0 fully saturated rings. The zero-order valence-corrected chi connectivity index (χ0v) is 13.3. The van der Waals surface area contributed by atoms with Crippen molar-refractivity contribution in [3.8, 4) is 0 Å². The maximum atomic E-state index is 10.1. The molecule has 0 rings (SSSR count). The third-order valence-corrected chi connectivity index (χ3v) is 3.63. The maximum absolute atomic E-state index is 10.1. The van der Waals surface area contributed by atoms with E-state index in [0.29, 0.717) is 6.42 Å².